The number of nitrogens with one attached hydrogen (secondary N) is 1. The first-order chi connectivity index (χ1) is 19.4. The zero-order valence-corrected chi connectivity index (χ0v) is 23.5. The van der Waals surface area contributed by atoms with Crippen LogP contribution in [-0.4, -0.2) is 51.6 Å². The van der Waals surface area contributed by atoms with E-state index >= 15 is 0 Å². The van der Waals surface area contributed by atoms with E-state index in [0.717, 1.165) is 42.1 Å². The summed E-state index contributed by atoms with van der Waals surface area (Å²) in [5, 5.41) is 3.07. The first-order valence-corrected chi connectivity index (χ1v) is 15.4. The Morgan fingerprint density at radius 1 is 1.18 bits per heavy atom. The van der Waals surface area contributed by atoms with Crippen molar-refractivity contribution in [3.05, 3.63) is 64.4 Å². The predicted molar refractivity (Wildman–Crippen MR) is 152 cm³/mol. The van der Waals surface area contributed by atoms with Crippen LogP contribution in [0.3, 0.4) is 0 Å². The molecule has 0 radical (unpaired) electrons. The number of benzene rings is 1. The highest BCUT2D eigenvalue weighted by Crippen LogP contribution is 2.70. The maximum absolute atomic E-state index is 13.8. The Kier molecular flexibility index (Phi) is 5.34. The van der Waals surface area contributed by atoms with Crippen LogP contribution in [0.15, 0.2) is 42.7 Å². The van der Waals surface area contributed by atoms with Gasteiger partial charge in [-0.3, -0.25) is 23.7 Å². The van der Waals surface area contributed by atoms with Gasteiger partial charge in [-0.25, -0.2) is 4.98 Å². The number of anilines is 1. The molecule has 4 heterocycles. The third-order valence-electron chi connectivity index (χ3n) is 10.1. The molecule has 3 aliphatic carbocycles. The number of imide groups is 1. The first-order valence-electron chi connectivity index (χ1n) is 14.6. The number of aromatic nitrogens is 2. The van der Waals surface area contributed by atoms with E-state index < -0.39 is 0 Å². The second-order valence-electron chi connectivity index (χ2n) is 12.4. The number of thiazole rings is 1. The number of amides is 3. The fraction of sp³-hybridized carbons (Fsp3) is 0.484. The van der Waals surface area contributed by atoms with E-state index in [1.54, 1.807) is 17.4 Å². The molecule has 1 aromatic carbocycles. The molecule has 8 rings (SSSR count). The SMILES string of the molecule is Cc1cn2cc(CNC(=O)[C@@H]3CCCN(c4cccc5c4C(=O)N(C[C@H]4C[C@H]6C=C[C@H]4C64CC4)C5=O)C3)nc2s1. The molecule has 4 atom stereocenters. The number of imidazole rings is 1. The van der Waals surface area contributed by atoms with E-state index in [1.807, 2.05) is 28.9 Å². The molecular weight excluding hydrogens is 522 g/mol. The molecule has 40 heavy (non-hydrogen) atoms. The maximum atomic E-state index is 13.8. The molecule has 1 N–H and O–H groups in total. The summed E-state index contributed by atoms with van der Waals surface area (Å²) < 4.78 is 2.00. The van der Waals surface area contributed by atoms with E-state index in [4.69, 9.17) is 0 Å². The lowest BCUT2D eigenvalue weighted by Gasteiger charge is -2.34. The molecule has 0 unspecified atom stereocenters. The number of carbonyl (C=O) groups excluding carboxylic acids is 3. The van der Waals surface area contributed by atoms with Crippen molar-refractivity contribution in [2.45, 2.75) is 45.6 Å². The summed E-state index contributed by atoms with van der Waals surface area (Å²) in [6, 6.07) is 5.60. The summed E-state index contributed by atoms with van der Waals surface area (Å²) in [6.45, 7) is 4.25. The molecule has 2 aromatic heterocycles. The Hall–Kier alpha value is -3.46. The zero-order valence-electron chi connectivity index (χ0n) is 22.6. The Balaban J connectivity index is 0.963. The average molecular weight is 556 g/mol. The fourth-order valence-electron chi connectivity index (χ4n) is 8.09. The van der Waals surface area contributed by atoms with E-state index in [-0.39, 0.29) is 23.6 Å². The monoisotopic (exact) mass is 555 g/mol. The van der Waals surface area contributed by atoms with Crippen LogP contribution in [-0.2, 0) is 11.3 Å². The number of fused-ring (bicyclic) bond motifs is 2. The summed E-state index contributed by atoms with van der Waals surface area (Å²) in [6.07, 6.45) is 14.0. The number of carbonyl (C=O) groups is 3. The van der Waals surface area contributed by atoms with E-state index in [0.29, 0.717) is 53.9 Å². The Bertz CT molecular complexity index is 1570. The molecule has 8 nitrogen and oxygen atoms in total. The van der Waals surface area contributed by atoms with Gasteiger partial charge in [-0.05, 0) is 74.3 Å². The van der Waals surface area contributed by atoms with Gasteiger partial charge >= 0.3 is 0 Å². The van der Waals surface area contributed by atoms with Gasteiger partial charge in [-0.15, -0.1) is 11.3 Å². The molecule has 1 spiro atoms. The number of rotatable bonds is 6. The van der Waals surface area contributed by atoms with Crippen LogP contribution < -0.4 is 10.2 Å². The van der Waals surface area contributed by atoms with Gasteiger partial charge in [-0.2, -0.15) is 0 Å². The van der Waals surface area contributed by atoms with Gasteiger partial charge in [0.25, 0.3) is 11.8 Å². The molecule has 3 fully saturated rings. The first kappa shape index (κ1) is 24.3. The standard InChI is InChI=1S/C31H33N5O3S/c1-18-14-35-17-22(33-30(35)40-18)13-32-27(37)19-4-3-11-34(15-19)25-6-2-5-23-26(25)29(39)36(28(23)38)16-20-12-21-7-8-24(20)31(21)9-10-31/h2,5-8,14,17,19-21,24H,3-4,9-13,15-16H2,1H3,(H,32,37)/t19-,20-,21-,24-/m1/s1. The highest BCUT2D eigenvalue weighted by atomic mass is 32.1. The van der Waals surface area contributed by atoms with Crippen LogP contribution in [0.2, 0.25) is 0 Å². The number of nitrogens with zero attached hydrogens (tertiary/aromatic N) is 4. The molecule has 3 amide bonds. The number of hydrogen-bond acceptors (Lipinski definition) is 6. The Morgan fingerprint density at radius 2 is 2.05 bits per heavy atom. The van der Waals surface area contributed by atoms with Crippen LogP contribution >= 0.6 is 11.3 Å². The average Bonchev–Trinajstić information content (AvgIpc) is 3.10. The van der Waals surface area contributed by atoms with Crippen molar-refractivity contribution in [2.24, 2.45) is 29.1 Å². The normalized spacial score (nSPS) is 27.8. The van der Waals surface area contributed by atoms with E-state index in [2.05, 4.69) is 34.3 Å². The minimum absolute atomic E-state index is 0.00665. The van der Waals surface area contributed by atoms with Crippen LogP contribution in [0.4, 0.5) is 5.69 Å². The second-order valence-corrected chi connectivity index (χ2v) is 13.6. The van der Waals surface area contributed by atoms with Gasteiger partial charge < -0.3 is 10.2 Å². The number of aryl methyl sites for hydroxylation is 1. The molecule has 5 aliphatic rings. The summed E-state index contributed by atoms with van der Waals surface area (Å²) in [5.74, 6) is 0.973. The van der Waals surface area contributed by atoms with E-state index in [1.165, 1.54) is 22.6 Å². The number of allylic oxidation sites excluding steroid dienone is 2. The molecule has 1 saturated heterocycles. The number of hydrogen-bond donors (Lipinski definition) is 1. The van der Waals surface area contributed by atoms with Gasteiger partial charge in [0, 0.05) is 36.9 Å². The summed E-state index contributed by atoms with van der Waals surface area (Å²) in [5.41, 5.74) is 3.08. The van der Waals surface area contributed by atoms with Gasteiger partial charge in [0.05, 0.1) is 35.0 Å². The topological polar surface area (TPSA) is 87.0 Å². The Labute approximate surface area is 237 Å². The van der Waals surface area contributed by atoms with Crippen LogP contribution in [0.25, 0.3) is 4.96 Å². The molecule has 2 aliphatic heterocycles. The van der Waals surface area contributed by atoms with Crippen molar-refractivity contribution < 1.29 is 14.4 Å². The quantitative estimate of drug-likeness (QED) is 0.359. The summed E-state index contributed by atoms with van der Waals surface area (Å²) in [7, 11) is 0. The third kappa shape index (κ3) is 3.62. The van der Waals surface area contributed by atoms with Crippen molar-refractivity contribution in [1.29, 1.82) is 0 Å². The van der Waals surface area contributed by atoms with Gasteiger partial charge in [0.15, 0.2) is 4.96 Å². The molecule has 2 saturated carbocycles. The van der Waals surface area contributed by atoms with E-state index in [9.17, 15) is 14.4 Å². The second kappa shape index (κ2) is 8.77. The molecule has 9 heteroatoms. The number of piperidine rings is 1. The maximum Gasteiger partial charge on any atom is 0.263 e. The Morgan fingerprint density at radius 3 is 2.85 bits per heavy atom. The van der Waals surface area contributed by atoms with Crippen LogP contribution in [0, 0.1) is 36.0 Å². The van der Waals surface area contributed by atoms with Crippen LogP contribution in [0.1, 0.15) is 63.4 Å². The van der Waals surface area contributed by atoms with Crippen molar-refractivity contribution >= 4 is 39.7 Å². The lowest BCUT2D eigenvalue weighted by Crippen LogP contribution is -2.43. The lowest BCUT2D eigenvalue weighted by molar-refractivity contribution is -0.125. The molecule has 2 bridgehead atoms. The third-order valence-corrected chi connectivity index (χ3v) is 11.0. The lowest BCUT2D eigenvalue weighted by atomic mass is 9.88. The summed E-state index contributed by atoms with van der Waals surface area (Å²) >= 11 is 1.63. The van der Waals surface area contributed by atoms with Gasteiger partial charge in [-0.1, -0.05) is 18.2 Å². The van der Waals surface area contributed by atoms with Crippen molar-refractivity contribution in [1.82, 2.24) is 19.6 Å². The van der Waals surface area contributed by atoms with Crippen LogP contribution in [0.5, 0.6) is 0 Å². The van der Waals surface area contributed by atoms with Gasteiger partial charge in [0.1, 0.15) is 0 Å². The van der Waals surface area contributed by atoms with Crippen molar-refractivity contribution in [3.8, 4) is 0 Å². The molecule has 3 aromatic rings. The highest BCUT2D eigenvalue weighted by molar-refractivity contribution is 7.16. The summed E-state index contributed by atoms with van der Waals surface area (Å²) in [4.78, 5) is 50.8. The van der Waals surface area contributed by atoms with Crippen molar-refractivity contribution in [2.75, 3.05) is 24.5 Å². The largest absolute Gasteiger partial charge is 0.370 e. The highest BCUT2D eigenvalue weighted by Gasteiger charge is 2.63. The minimum atomic E-state index is -0.186. The minimum Gasteiger partial charge on any atom is -0.370 e. The van der Waals surface area contributed by atoms with Gasteiger partial charge in [0.2, 0.25) is 5.91 Å². The molecule has 206 valence electrons. The van der Waals surface area contributed by atoms with Crippen molar-refractivity contribution in [3.63, 3.8) is 0 Å². The fourth-order valence-corrected chi connectivity index (χ4v) is 8.92. The predicted octanol–water partition coefficient (Wildman–Crippen LogP) is 4.44. The zero-order chi connectivity index (χ0) is 27.2. The molecular formula is C31H33N5O3S. The smallest absolute Gasteiger partial charge is 0.263 e.